The van der Waals surface area contributed by atoms with Crippen LogP contribution in [0.3, 0.4) is 0 Å². The van der Waals surface area contributed by atoms with Crippen LogP contribution in [0.4, 0.5) is 4.39 Å². The van der Waals surface area contributed by atoms with E-state index >= 15 is 0 Å². The Bertz CT molecular complexity index is 1730. The lowest BCUT2D eigenvalue weighted by molar-refractivity contribution is -0.133. The molecule has 1 amide bonds. The van der Waals surface area contributed by atoms with Crippen LogP contribution in [0.2, 0.25) is 0 Å². The lowest BCUT2D eigenvalue weighted by Gasteiger charge is -2.15. The predicted octanol–water partition coefficient (Wildman–Crippen LogP) is 3.50. The fourth-order valence-corrected chi connectivity index (χ4v) is 5.04. The molecule has 1 aliphatic rings. The van der Waals surface area contributed by atoms with E-state index in [0.717, 1.165) is 34.1 Å². The summed E-state index contributed by atoms with van der Waals surface area (Å²) in [5.41, 5.74) is 4.63. The number of amides is 1. The Morgan fingerprint density at radius 1 is 1.27 bits per heavy atom. The molecule has 5 aromatic rings. The number of aromatic nitrogens is 5. The number of carbonyl (C=O) groups is 1. The van der Waals surface area contributed by atoms with Crippen LogP contribution in [0.5, 0.6) is 0 Å². The number of halogens is 1. The molecule has 37 heavy (non-hydrogen) atoms. The quantitative estimate of drug-likeness (QED) is 0.408. The molecule has 1 aromatic carbocycles. The van der Waals surface area contributed by atoms with Gasteiger partial charge in [0.15, 0.2) is 0 Å². The first-order chi connectivity index (χ1) is 18.0. The number of aliphatic hydroxyl groups is 1. The number of carbonyl (C=O) groups excluding carboxylic acids is 1. The van der Waals surface area contributed by atoms with Gasteiger partial charge >= 0.3 is 0 Å². The zero-order valence-corrected chi connectivity index (χ0v) is 20.0. The molecule has 1 saturated heterocycles. The minimum atomic E-state index is -0.493. The molecule has 1 atom stereocenters. The Morgan fingerprint density at radius 3 is 2.95 bits per heavy atom. The lowest BCUT2D eigenvalue weighted by atomic mass is 10.0. The van der Waals surface area contributed by atoms with Gasteiger partial charge in [0.05, 0.1) is 40.6 Å². The van der Waals surface area contributed by atoms with Gasteiger partial charge in [-0.15, -0.1) is 0 Å². The van der Waals surface area contributed by atoms with E-state index < -0.39 is 12.4 Å². The number of hydrogen-bond acceptors (Lipinski definition) is 6. The first-order valence-corrected chi connectivity index (χ1v) is 11.9. The number of imidazole rings is 1. The van der Waals surface area contributed by atoms with Gasteiger partial charge in [0.25, 0.3) is 0 Å². The number of likely N-dealkylation sites (tertiary alicyclic amines) is 1. The summed E-state index contributed by atoms with van der Waals surface area (Å²) in [6.07, 6.45) is 8.08. The summed E-state index contributed by atoms with van der Waals surface area (Å²) < 4.78 is 18.5. The Morgan fingerprint density at radius 2 is 2.14 bits per heavy atom. The SMILES string of the molecule is Cc1c(-c2c(F)cccc2C#N)nc2c3cc(-c4cnn(C5CCN(C(=O)CO)C5)c4)cnc3ccn12. The number of rotatable bonds is 4. The summed E-state index contributed by atoms with van der Waals surface area (Å²) >= 11 is 0. The van der Waals surface area contributed by atoms with Crippen molar-refractivity contribution in [1.82, 2.24) is 29.0 Å². The maximum Gasteiger partial charge on any atom is 0.248 e. The van der Waals surface area contributed by atoms with Crippen molar-refractivity contribution >= 4 is 22.5 Å². The topological polar surface area (TPSA) is 112 Å². The van der Waals surface area contributed by atoms with Crippen LogP contribution in [0.1, 0.15) is 23.7 Å². The third kappa shape index (κ3) is 3.72. The van der Waals surface area contributed by atoms with E-state index in [2.05, 4.69) is 16.2 Å². The zero-order chi connectivity index (χ0) is 25.7. The van der Waals surface area contributed by atoms with E-state index in [0.29, 0.717) is 24.4 Å². The summed E-state index contributed by atoms with van der Waals surface area (Å²) in [6.45, 7) is 2.46. The van der Waals surface area contributed by atoms with Crippen molar-refractivity contribution in [2.75, 3.05) is 19.7 Å². The van der Waals surface area contributed by atoms with Crippen molar-refractivity contribution < 1.29 is 14.3 Å². The molecule has 0 radical (unpaired) electrons. The molecule has 1 N–H and O–H groups in total. The molecular formula is C27H22FN7O2. The van der Waals surface area contributed by atoms with E-state index in [4.69, 9.17) is 10.1 Å². The summed E-state index contributed by atoms with van der Waals surface area (Å²) in [5, 5.41) is 24.0. The van der Waals surface area contributed by atoms with Gasteiger partial charge in [-0.25, -0.2) is 9.37 Å². The van der Waals surface area contributed by atoms with Crippen molar-refractivity contribution in [3.8, 4) is 28.5 Å². The summed E-state index contributed by atoms with van der Waals surface area (Å²) in [6, 6.07) is 10.4. The van der Waals surface area contributed by atoms with Crippen LogP contribution in [-0.2, 0) is 4.79 Å². The Labute approximate surface area is 211 Å². The van der Waals surface area contributed by atoms with Gasteiger partial charge in [0, 0.05) is 53.9 Å². The summed E-state index contributed by atoms with van der Waals surface area (Å²) in [4.78, 5) is 22.9. The molecular weight excluding hydrogens is 473 g/mol. The van der Waals surface area contributed by atoms with E-state index in [1.54, 1.807) is 23.4 Å². The third-order valence-electron chi connectivity index (χ3n) is 7.02. The van der Waals surface area contributed by atoms with Crippen LogP contribution in [0.25, 0.3) is 38.9 Å². The molecule has 9 nitrogen and oxygen atoms in total. The van der Waals surface area contributed by atoms with Gasteiger partial charge in [-0.1, -0.05) is 6.07 Å². The van der Waals surface area contributed by atoms with Gasteiger partial charge in [-0.3, -0.25) is 14.5 Å². The smallest absolute Gasteiger partial charge is 0.248 e. The van der Waals surface area contributed by atoms with E-state index in [9.17, 15) is 14.4 Å². The standard InChI is InChI=1S/C27H22FN7O2/c1-16-26(25-17(10-29)3-2-4-22(25)28)32-27-21-9-18(11-30-23(21)6-8-34(16)27)19-12-31-35(13-19)20-5-7-33(14-20)24(37)15-36/h2-4,6,8-9,11-13,20,36H,5,7,14-15H2,1H3. The summed E-state index contributed by atoms with van der Waals surface area (Å²) in [7, 11) is 0. The molecule has 1 unspecified atom stereocenters. The van der Waals surface area contributed by atoms with Gasteiger partial charge in [-0.05, 0) is 37.6 Å². The highest BCUT2D eigenvalue weighted by atomic mass is 19.1. The first kappa shape index (κ1) is 22.8. The van der Waals surface area contributed by atoms with Crippen molar-refractivity contribution in [3.05, 3.63) is 72.2 Å². The van der Waals surface area contributed by atoms with Crippen molar-refractivity contribution in [3.63, 3.8) is 0 Å². The second kappa shape index (κ2) is 8.80. The fraction of sp³-hybridized carbons (Fsp3) is 0.222. The number of nitrogens with zero attached hydrogens (tertiary/aromatic N) is 7. The number of pyridine rings is 2. The van der Waals surface area contributed by atoms with E-state index in [1.165, 1.54) is 12.1 Å². The van der Waals surface area contributed by atoms with Crippen LogP contribution < -0.4 is 0 Å². The Kier molecular flexibility index (Phi) is 5.43. The predicted molar refractivity (Wildman–Crippen MR) is 134 cm³/mol. The average molecular weight is 496 g/mol. The molecule has 10 heteroatoms. The zero-order valence-electron chi connectivity index (χ0n) is 20.0. The largest absolute Gasteiger partial charge is 0.387 e. The Balaban J connectivity index is 1.41. The number of aryl methyl sites for hydroxylation is 1. The minimum Gasteiger partial charge on any atom is -0.387 e. The van der Waals surface area contributed by atoms with Crippen molar-refractivity contribution in [2.24, 2.45) is 0 Å². The molecule has 0 spiro atoms. The van der Waals surface area contributed by atoms with Gasteiger partial charge in [0.1, 0.15) is 18.1 Å². The van der Waals surface area contributed by atoms with Crippen molar-refractivity contribution in [1.29, 1.82) is 5.26 Å². The number of fused-ring (bicyclic) bond motifs is 3. The van der Waals surface area contributed by atoms with Crippen LogP contribution in [-0.4, -0.2) is 59.8 Å². The highest BCUT2D eigenvalue weighted by molar-refractivity contribution is 5.95. The van der Waals surface area contributed by atoms with Crippen LogP contribution in [0.15, 0.2) is 55.1 Å². The van der Waals surface area contributed by atoms with Gasteiger partial charge < -0.3 is 14.4 Å². The number of aliphatic hydroxyl groups excluding tert-OH is 1. The number of hydrogen-bond donors (Lipinski definition) is 1. The molecule has 0 aliphatic carbocycles. The molecule has 6 rings (SSSR count). The Hall–Kier alpha value is -4.62. The normalized spacial score (nSPS) is 15.5. The molecule has 184 valence electrons. The van der Waals surface area contributed by atoms with E-state index in [-0.39, 0.29) is 23.1 Å². The van der Waals surface area contributed by atoms with Crippen molar-refractivity contribution in [2.45, 2.75) is 19.4 Å². The maximum atomic E-state index is 14.8. The molecule has 0 saturated carbocycles. The number of benzene rings is 1. The lowest BCUT2D eigenvalue weighted by Crippen LogP contribution is -2.31. The second-order valence-electron chi connectivity index (χ2n) is 9.14. The highest BCUT2D eigenvalue weighted by Gasteiger charge is 2.27. The van der Waals surface area contributed by atoms with Gasteiger partial charge in [-0.2, -0.15) is 10.4 Å². The molecule has 1 fully saturated rings. The molecule has 4 aromatic heterocycles. The minimum absolute atomic E-state index is 0.0389. The van der Waals surface area contributed by atoms with Gasteiger partial charge in [0.2, 0.25) is 5.91 Å². The maximum absolute atomic E-state index is 14.8. The molecule has 0 bridgehead atoms. The van der Waals surface area contributed by atoms with Crippen LogP contribution in [0, 0.1) is 24.1 Å². The first-order valence-electron chi connectivity index (χ1n) is 11.9. The van der Waals surface area contributed by atoms with Crippen LogP contribution >= 0.6 is 0 Å². The highest BCUT2D eigenvalue weighted by Crippen LogP contribution is 2.33. The van der Waals surface area contributed by atoms with E-state index in [1.807, 2.05) is 40.5 Å². The third-order valence-corrected chi connectivity index (χ3v) is 7.02. The monoisotopic (exact) mass is 495 g/mol. The molecule has 1 aliphatic heterocycles. The summed E-state index contributed by atoms with van der Waals surface area (Å²) in [5.74, 6) is -0.767. The number of nitriles is 1. The fourth-order valence-electron chi connectivity index (χ4n) is 5.04. The average Bonchev–Trinajstić information content (AvgIpc) is 3.67. The second-order valence-corrected chi connectivity index (χ2v) is 9.14. The molecule has 5 heterocycles.